The van der Waals surface area contributed by atoms with Crippen LogP contribution in [0.3, 0.4) is 0 Å². The molecular formula is C54H54S3. The molecule has 3 heteroatoms. The molecule has 3 aromatic heterocycles. The predicted octanol–water partition coefficient (Wildman–Crippen LogP) is 18.6. The first-order chi connectivity index (χ1) is 28.2. The summed E-state index contributed by atoms with van der Waals surface area (Å²) in [6, 6.07) is 28.4. The number of hydrogen-bond acceptors (Lipinski definition) is 3. The van der Waals surface area contributed by atoms with E-state index in [9.17, 15) is 0 Å². The average Bonchev–Trinajstić information content (AvgIpc) is 4.00. The second kappa shape index (κ2) is 16.0. The molecule has 0 spiro atoms. The van der Waals surface area contributed by atoms with Crippen molar-refractivity contribution in [2.45, 2.75) is 117 Å². The molecule has 0 nitrogen and oxygen atoms in total. The molecule has 0 aliphatic heterocycles. The minimum atomic E-state index is 1.15. The average molecular weight is 799 g/mol. The largest absolute Gasteiger partial charge is 0.148 e. The Balaban J connectivity index is 1.50. The van der Waals surface area contributed by atoms with Gasteiger partial charge in [-0.05, 0) is 103 Å². The molecule has 7 aromatic carbocycles. The fraction of sp³-hybridized carbons (Fsp3) is 0.333. The van der Waals surface area contributed by atoms with Crippen LogP contribution >= 0.6 is 34.0 Å². The molecule has 0 amide bonds. The smallest absolute Gasteiger partial charge is 0.0130 e. The van der Waals surface area contributed by atoms with Gasteiger partial charge in [0.05, 0.1) is 0 Å². The van der Waals surface area contributed by atoms with Crippen molar-refractivity contribution in [3.63, 3.8) is 0 Å². The molecular weight excluding hydrogens is 745 g/mol. The highest BCUT2D eigenvalue weighted by Gasteiger charge is 2.27. The van der Waals surface area contributed by atoms with Crippen molar-refractivity contribution < 1.29 is 0 Å². The zero-order chi connectivity index (χ0) is 38.5. The lowest BCUT2D eigenvalue weighted by atomic mass is 9.81. The molecule has 0 saturated heterocycles. The van der Waals surface area contributed by atoms with Crippen molar-refractivity contribution in [2.75, 3.05) is 0 Å². The summed E-state index contributed by atoms with van der Waals surface area (Å²) in [4.78, 5) is 4.73. The van der Waals surface area contributed by atoms with Gasteiger partial charge in [0, 0.05) is 63.1 Å². The first kappa shape index (κ1) is 37.3. The molecule has 0 radical (unpaired) electrons. The topological polar surface area (TPSA) is 0 Å². The second-order valence-electron chi connectivity index (χ2n) is 16.7. The van der Waals surface area contributed by atoms with Crippen LogP contribution in [-0.2, 0) is 19.3 Å². The number of benzene rings is 7. The van der Waals surface area contributed by atoms with E-state index in [1.807, 2.05) is 34.0 Å². The van der Waals surface area contributed by atoms with Crippen LogP contribution in [0.5, 0.6) is 0 Å². The quantitative estimate of drug-likeness (QED) is 0.0716. The summed E-state index contributed by atoms with van der Waals surface area (Å²) >= 11 is 6.07. The number of hydrogen-bond donors (Lipinski definition) is 0. The SMILES string of the molecule is CCCCCCc1scc2c3ccccc3c3c(c12)c1c2ccccc2c2csc(CCCCCC)c2c1c1c2ccccc2c2csc(CCCCCC)c2c31. The monoisotopic (exact) mass is 798 g/mol. The highest BCUT2D eigenvalue weighted by molar-refractivity contribution is 7.13. The van der Waals surface area contributed by atoms with Crippen LogP contribution in [0.1, 0.15) is 112 Å². The van der Waals surface area contributed by atoms with E-state index in [-0.39, 0.29) is 0 Å². The van der Waals surface area contributed by atoms with Crippen LogP contribution in [0.4, 0.5) is 0 Å². The lowest BCUT2D eigenvalue weighted by molar-refractivity contribution is 0.671. The maximum atomic E-state index is 2.52. The van der Waals surface area contributed by atoms with Crippen LogP contribution in [-0.4, -0.2) is 0 Å². The summed E-state index contributed by atoms with van der Waals surface area (Å²) in [6.45, 7) is 7.00. The van der Waals surface area contributed by atoms with Gasteiger partial charge in [0.15, 0.2) is 0 Å². The van der Waals surface area contributed by atoms with Gasteiger partial charge in [0.25, 0.3) is 0 Å². The zero-order valence-electron chi connectivity index (χ0n) is 34.0. The molecule has 0 atom stereocenters. The van der Waals surface area contributed by atoms with E-state index in [1.54, 1.807) is 14.6 Å². The van der Waals surface area contributed by atoms with Crippen molar-refractivity contribution >= 4 is 131 Å². The predicted molar refractivity (Wildman–Crippen MR) is 261 cm³/mol. The molecule has 10 aromatic rings. The van der Waals surface area contributed by atoms with Gasteiger partial charge in [-0.2, -0.15) is 0 Å². The minimum absolute atomic E-state index is 1.15. The maximum Gasteiger partial charge on any atom is 0.0130 e. The van der Waals surface area contributed by atoms with Gasteiger partial charge in [0.1, 0.15) is 0 Å². The molecule has 288 valence electrons. The van der Waals surface area contributed by atoms with E-state index in [0.717, 1.165) is 19.3 Å². The first-order valence-electron chi connectivity index (χ1n) is 22.1. The third-order valence-electron chi connectivity index (χ3n) is 13.1. The summed E-state index contributed by atoms with van der Waals surface area (Å²) < 4.78 is 0. The molecule has 0 fully saturated rings. The lowest BCUT2D eigenvalue weighted by Gasteiger charge is -2.21. The van der Waals surface area contributed by atoms with Crippen molar-refractivity contribution in [1.29, 1.82) is 0 Å². The third kappa shape index (κ3) is 6.09. The van der Waals surface area contributed by atoms with Gasteiger partial charge in [-0.3, -0.25) is 0 Å². The van der Waals surface area contributed by atoms with Crippen molar-refractivity contribution in [3.05, 3.63) is 104 Å². The number of thiophene rings is 3. The zero-order valence-corrected chi connectivity index (χ0v) is 36.4. The van der Waals surface area contributed by atoms with E-state index in [2.05, 4.69) is 110 Å². The Morgan fingerprint density at radius 2 is 0.561 bits per heavy atom. The van der Waals surface area contributed by atoms with Crippen LogP contribution in [0.15, 0.2) is 88.9 Å². The molecule has 0 unspecified atom stereocenters. The van der Waals surface area contributed by atoms with E-state index < -0.39 is 0 Å². The molecule has 0 saturated carbocycles. The Hall–Kier alpha value is -4.02. The molecule has 0 bridgehead atoms. The molecule has 0 aliphatic carbocycles. The molecule has 3 heterocycles. The van der Waals surface area contributed by atoms with Gasteiger partial charge < -0.3 is 0 Å². The maximum absolute atomic E-state index is 2.52. The number of aryl methyl sites for hydroxylation is 3. The number of rotatable bonds is 15. The molecule has 10 rings (SSSR count). The summed E-state index contributed by atoms with van der Waals surface area (Å²) in [5.74, 6) is 0. The molecule has 57 heavy (non-hydrogen) atoms. The first-order valence-corrected chi connectivity index (χ1v) is 24.7. The lowest BCUT2D eigenvalue weighted by Crippen LogP contribution is -1.94. The van der Waals surface area contributed by atoms with Gasteiger partial charge >= 0.3 is 0 Å². The Morgan fingerprint density at radius 3 is 0.842 bits per heavy atom. The van der Waals surface area contributed by atoms with E-state index in [4.69, 9.17) is 0 Å². The minimum Gasteiger partial charge on any atom is -0.148 e. The van der Waals surface area contributed by atoms with E-state index in [0.29, 0.717) is 0 Å². The highest BCUT2D eigenvalue weighted by atomic mass is 32.1. The van der Waals surface area contributed by atoms with Crippen LogP contribution in [0.2, 0.25) is 0 Å². The fourth-order valence-corrected chi connectivity index (χ4v) is 13.7. The van der Waals surface area contributed by atoms with Gasteiger partial charge in [-0.15, -0.1) is 34.0 Å². The third-order valence-corrected chi connectivity index (χ3v) is 16.2. The van der Waals surface area contributed by atoms with Crippen LogP contribution < -0.4 is 0 Å². The van der Waals surface area contributed by atoms with Gasteiger partial charge in [-0.25, -0.2) is 0 Å². The Labute approximate surface area is 349 Å². The van der Waals surface area contributed by atoms with Gasteiger partial charge in [-0.1, -0.05) is 151 Å². The normalized spacial score (nSPS) is 12.5. The standard InChI is InChI=1S/C54H54S3/c1-4-7-10-13-28-43-46-40(31-55-43)34-22-16-19-25-37(34)49-52(46)50-38-26-20-17-23-35(38)41-32-56-44(29-14-11-8-5-2)47(41)54(50)51-39-27-21-18-24-36(39)42-33-57-45(48(42)53(49)51)30-15-12-9-6-3/h16-27,31-33H,4-15,28-30H2,1-3H3. The Kier molecular flexibility index (Phi) is 10.4. The fourth-order valence-electron chi connectivity index (χ4n) is 10.4. The summed E-state index contributed by atoms with van der Waals surface area (Å²) in [7, 11) is 0. The van der Waals surface area contributed by atoms with E-state index in [1.165, 1.54) is 174 Å². The van der Waals surface area contributed by atoms with Crippen LogP contribution in [0, 0.1) is 0 Å². The second-order valence-corrected chi connectivity index (χ2v) is 19.6. The highest BCUT2D eigenvalue weighted by Crippen LogP contribution is 2.55. The molecule has 0 N–H and O–H groups in total. The number of unbranched alkanes of at least 4 members (excludes halogenated alkanes) is 9. The van der Waals surface area contributed by atoms with E-state index >= 15 is 0 Å². The Morgan fingerprint density at radius 1 is 0.281 bits per heavy atom. The molecule has 0 aliphatic rings. The van der Waals surface area contributed by atoms with Crippen molar-refractivity contribution in [2.24, 2.45) is 0 Å². The summed E-state index contributed by atoms with van der Waals surface area (Å²) in [5.41, 5.74) is 0. The summed E-state index contributed by atoms with van der Waals surface area (Å²) in [6.07, 6.45) is 18.8. The van der Waals surface area contributed by atoms with Crippen LogP contribution in [0.25, 0.3) is 97.0 Å². The Bertz CT molecular complexity index is 2730. The van der Waals surface area contributed by atoms with Crippen molar-refractivity contribution in [1.82, 2.24) is 0 Å². The van der Waals surface area contributed by atoms with Gasteiger partial charge in [0.2, 0.25) is 0 Å². The number of fused-ring (bicyclic) bond motifs is 21. The summed E-state index contributed by atoms with van der Waals surface area (Å²) in [5, 5.41) is 34.0. The van der Waals surface area contributed by atoms with Crippen molar-refractivity contribution in [3.8, 4) is 0 Å².